The number of aryl methyl sites for hydroxylation is 1. The predicted octanol–water partition coefficient (Wildman–Crippen LogP) is 4.44. The van der Waals surface area contributed by atoms with Crippen molar-refractivity contribution in [3.05, 3.63) is 85.0 Å². The number of rotatable bonds is 8. The monoisotopic (exact) mass is 846 g/mol. The summed E-state index contributed by atoms with van der Waals surface area (Å²) in [6.07, 6.45) is 6.68. The number of aromatic nitrogens is 3. The maximum Gasteiger partial charge on any atom is 0.324 e. The van der Waals surface area contributed by atoms with E-state index in [0.29, 0.717) is 44.3 Å². The van der Waals surface area contributed by atoms with E-state index in [1.165, 1.54) is 22.3 Å². The lowest BCUT2D eigenvalue weighted by atomic mass is 9.84. The number of fused-ring (bicyclic) bond motifs is 6. The zero-order chi connectivity index (χ0) is 44.5. The minimum absolute atomic E-state index is 0.104. The van der Waals surface area contributed by atoms with Crippen molar-refractivity contribution in [3.63, 3.8) is 0 Å². The molecule has 0 spiro atoms. The number of hydrogen-bond donors (Lipinski definition) is 3. The van der Waals surface area contributed by atoms with E-state index in [1.807, 2.05) is 24.3 Å². The van der Waals surface area contributed by atoms with E-state index in [4.69, 9.17) is 4.74 Å². The Balaban J connectivity index is 1.29. The Labute approximate surface area is 362 Å². The number of nitrogens with zero attached hydrogens (tertiary/aromatic N) is 6. The number of likely N-dealkylation sites (tertiary alicyclic amines) is 1. The highest BCUT2D eigenvalue weighted by Crippen LogP contribution is 2.40. The van der Waals surface area contributed by atoms with Crippen LogP contribution >= 0.6 is 0 Å². The van der Waals surface area contributed by atoms with E-state index in [-0.39, 0.29) is 37.4 Å². The lowest BCUT2D eigenvalue weighted by Crippen LogP contribution is -2.63. The lowest BCUT2D eigenvalue weighted by molar-refractivity contribution is -0.156. The minimum Gasteiger partial charge on any atom is -0.464 e. The predicted molar refractivity (Wildman–Crippen MR) is 234 cm³/mol. The molecule has 4 aromatic rings. The molecule has 7 rings (SSSR count). The smallest absolute Gasteiger partial charge is 0.324 e. The number of benzene rings is 2. The number of hydrogen-bond acceptors (Lipinski definition) is 10. The lowest BCUT2D eigenvalue weighted by Gasteiger charge is -2.38. The van der Waals surface area contributed by atoms with Crippen LogP contribution in [0.5, 0.6) is 0 Å². The number of hydrazine groups is 1. The van der Waals surface area contributed by atoms with Crippen molar-refractivity contribution in [2.75, 3.05) is 33.3 Å². The summed E-state index contributed by atoms with van der Waals surface area (Å²) in [7, 11) is 1.55. The van der Waals surface area contributed by atoms with Gasteiger partial charge in [0.05, 0.1) is 18.2 Å². The van der Waals surface area contributed by atoms with Crippen molar-refractivity contribution in [1.29, 1.82) is 0 Å². The number of esters is 1. The van der Waals surface area contributed by atoms with Gasteiger partial charge in [0.15, 0.2) is 0 Å². The number of carbonyl (C=O) groups excluding carboxylic acids is 5. The molecule has 3 aliphatic rings. The molecular weight excluding hydrogens is 789 g/mol. The maximum atomic E-state index is 14.7. The van der Waals surface area contributed by atoms with Gasteiger partial charge in [-0.2, -0.15) is 0 Å². The highest BCUT2D eigenvalue weighted by Gasteiger charge is 2.42. The molecule has 5 heterocycles. The van der Waals surface area contributed by atoms with Crippen molar-refractivity contribution in [2.24, 2.45) is 17.3 Å². The van der Waals surface area contributed by atoms with Gasteiger partial charge < -0.3 is 29.5 Å². The molecule has 0 saturated carbocycles. The maximum absolute atomic E-state index is 14.7. The molecule has 2 fully saturated rings. The SMILES string of the molecule is C=CC(=O)N1CC[C@H](C(=O)N(C)[C@H](C(=O)N[C@@H]2C(=O)N3CCC[C@H](N3)C(=O)OCC(C)(C)Cc3c(-c4cncnc4)n(CC)c4ccc(cc34)-c3cccc(c3)[C@H]2O)C(C)C)C1. The highest BCUT2D eigenvalue weighted by molar-refractivity contribution is 5.96. The summed E-state index contributed by atoms with van der Waals surface area (Å²) >= 11 is 0. The number of nitrogens with one attached hydrogen (secondary N) is 2. The van der Waals surface area contributed by atoms with Crippen LogP contribution in [0.2, 0.25) is 0 Å². The second-order valence-corrected chi connectivity index (χ2v) is 17.9. The number of ether oxygens (including phenoxy) is 1. The van der Waals surface area contributed by atoms with Gasteiger partial charge in [0.2, 0.25) is 17.7 Å². The third kappa shape index (κ3) is 8.86. The van der Waals surface area contributed by atoms with Crippen LogP contribution in [0, 0.1) is 17.3 Å². The third-order valence-corrected chi connectivity index (χ3v) is 12.4. The fourth-order valence-corrected chi connectivity index (χ4v) is 9.29. The Bertz CT molecular complexity index is 2360. The van der Waals surface area contributed by atoms with Crippen molar-refractivity contribution in [1.82, 2.24) is 40.1 Å². The standard InChI is InChI=1S/C47H58N8O7/c1-8-38(56)53-19-17-32(25-53)44(59)52(7)40(28(3)4)43(58)50-39-42(57)31-13-10-12-29(20-31)30-15-16-37-34(21-30)35(41(54(37)9-2)33-23-48-27-49-24-33)22-47(5,6)26-62-46(61)36-14-11-18-55(51-36)45(39)60/h8,10,12-13,15-16,20-21,23-24,27-28,32,36,39-40,42,51,57H,1,9,11,14,17-19,22,25-26H2,2-7H3,(H,50,58)/t32-,36-,39-,40-,42+/m0/s1. The van der Waals surface area contributed by atoms with Gasteiger partial charge >= 0.3 is 5.97 Å². The molecular formula is C47H58N8O7. The number of cyclic esters (lactones) is 1. The molecule has 328 valence electrons. The molecule has 15 heteroatoms. The van der Waals surface area contributed by atoms with Crippen LogP contribution in [0.1, 0.15) is 71.1 Å². The van der Waals surface area contributed by atoms with Crippen LogP contribution in [-0.4, -0.2) is 115 Å². The van der Waals surface area contributed by atoms with Gasteiger partial charge in [-0.3, -0.25) is 29.0 Å². The van der Waals surface area contributed by atoms with E-state index in [0.717, 1.165) is 38.9 Å². The van der Waals surface area contributed by atoms with E-state index in [9.17, 15) is 29.1 Å². The topological polar surface area (TPSA) is 179 Å². The number of amides is 4. The number of likely N-dealkylation sites (N-methyl/N-ethyl adjacent to an activating group) is 1. The normalized spacial score (nSPS) is 22.2. The Kier molecular flexibility index (Phi) is 13.0. The Morgan fingerprint density at radius 3 is 2.52 bits per heavy atom. The minimum atomic E-state index is -1.53. The first-order valence-electron chi connectivity index (χ1n) is 21.5. The average molecular weight is 847 g/mol. The molecule has 3 aliphatic heterocycles. The molecule has 0 radical (unpaired) electrons. The van der Waals surface area contributed by atoms with Gasteiger partial charge in [-0.1, -0.05) is 58.5 Å². The Hall–Kier alpha value is -5.93. The van der Waals surface area contributed by atoms with Crippen LogP contribution in [0.4, 0.5) is 0 Å². The molecule has 0 unspecified atom stereocenters. The summed E-state index contributed by atoms with van der Waals surface area (Å²) in [6.45, 7) is 15.0. The molecule has 3 N–H and O–H groups in total. The largest absolute Gasteiger partial charge is 0.464 e. The summed E-state index contributed by atoms with van der Waals surface area (Å²) in [5, 5.41) is 17.4. The van der Waals surface area contributed by atoms with Crippen LogP contribution < -0.4 is 10.7 Å². The summed E-state index contributed by atoms with van der Waals surface area (Å²) in [5.74, 6) is -3.26. The van der Waals surface area contributed by atoms with Crippen LogP contribution in [0.3, 0.4) is 0 Å². The number of aliphatic hydroxyl groups is 1. The molecule has 2 aromatic heterocycles. The van der Waals surface area contributed by atoms with Gasteiger partial charge in [0, 0.05) is 67.5 Å². The summed E-state index contributed by atoms with van der Waals surface area (Å²) in [5.41, 5.74) is 8.51. The fraction of sp³-hybridized carbons (Fsp3) is 0.468. The van der Waals surface area contributed by atoms with Crippen molar-refractivity contribution in [3.8, 4) is 22.4 Å². The molecule has 0 aliphatic carbocycles. The van der Waals surface area contributed by atoms with Crippen molar-refractivity contribution < 1.29 is 33.8 Å². The first-order valence-corrected chi connectivity index (χ1v) is 21.5. The van der Waals surface area contributed by atoms with Crippen LogP contribution in [-0.2, 0) is 41.7 Å². The summed E-state index contributed by atoms with van der Waals surface area (Å²) in [4.78, 5) is 80.6. The number of aliphatic hydroxyl groups excluding tert-OH is 1. The van der Waals surface area contributed by atoms with Crippen molar-refractivity contribution in [2.45, 2.75) is 91.1 Å². The van der Waals surface area contributed by atoms with E-state index in [1.54, 1.807) is 44.3 Å². The summed E-state index contributed by atoms with van der Waals surface area (Å²) < 4.78 is 8.27. The summed E-state index contributed by atoms with van der Waals surface area (Å²) in [6, 6.07) is 10.1. The average Bonchev–Trinajstić information content (AvgIpc) is 3.89. The van der Waals surface area contributed by atoms with Crippen molar-refractivity contribution >= 4 is 40.5 Å². The third-order valence-electron chi connectivity index (χ3n) is 12.4. The molecule has 15 nitrogen and oxygen atoms in total. The van der Waals surface area contributed by atoms with Gasteiger partial charge in [-0.05, 0) is 85.1 Å². The quantitative estimate of drug-likeness (QED) is 0.170. The Morgan fingerprint density at radius 1 is 1.06 bits per heavy atom. The van der Waals surface area contributed by atoms with Gasteiger partial charge in [0.1, 0.15) is 30.6 Å². The van der Waals surface area contributed by atoms with E-state index < -0.39 is 53.3 Å². The first-order chi connectivity index (χ1) is 29.6. The zero-order valence-corrected chi connectivity index (χ0v) is 36.5. The molecule has 2 aromatic carbocycles. The molecule has 4 amide bonds. The van der Waals surface area contributed by atoms with Crippen LogP contribution in [0.15, 0.2) is 73.8 Å². The second kappa shape index (κ2) is 18.2. The second-order valence-electron chi connectivity index (χ2n) is 17.9. The number of carbonyl (C=O) groups is 5. The van der Waals surface area contributed by atoms with Gasteiger partial charge in [-0.15, -0.1) is 0 Å². The first kappa shape index (κ1) is 44.1. The van der Waals surface area contributed by atoms with Gasteiger partial charge in [0.25, 0.3) is 5.91 Å². The zero-order valence-electron chi connectivity index (χ0n) is 36.5. The van der Waals surface area contributed by atoms with Crippen LogP contribution in [0.25, 0.3) is 33.3 Å². The fourth-order valence-electron chi connectivity index (χ4n) is 9.29. The molecule has 6 bridgehead atoms. The molecule has 62 heavy (non-hydrogen) atoms. The van der Waals surface area contributed by atoms with E-state index >= 15 is 0 Å². The van der Waals surface area contributed by atoms with E-state index in [2.05, 4.69) is 64.8 Å². The Morgan fingerprint density at radius 2 is 1.81 bits per heavy atom. The highest BCUT2D eigenvalue weighted by atomic mass is 16.5. The van der Waals surface area contributed by atoms with Gasteiger partial charge in [-0.25, -0.2) is 15.4 Å². The molecule has 2 saturated heterocycles. The molecule has 5 atom stereocenters.